The van der Waals surface area contributed by atoms with Crippen LogP contribution in [0.5, 0.6) is 0 Å². The molecule has 0 spiro atoms. The minimum atomic E-state index is -0.713. The Labute approximate surface area is 171 Å². The van der Waals surface area contributed by atoms with E-state index in [0.717, 1.165) is 11.3 Å². The topological polar surface area (TPSA) is 91.9 Å². The van der Waals surface area contributed by atoms with Crippen molar-refractivity contribution in [2.75, 3.05) is 37.6 Å². The van der Waals surface area contributed by atoms with E-state index in [0.29, 0.717) is 25.4 Å². The number of benzene rings is 2. The van der Waals surface area contributed by atoms with Crippen LogP contribution in [-0.2, 0) is 20.8 Å². The fourth-order valence-electron chi connectivity index (χ4n) is 2.61. The number of nitrogens with one attached hydrogen (secondary N) is 3. The van der Waals surface area contributed by atoms with E-state index >= 15 is 0 Å². The van der Waals surface area contributed by atoms with Gasteiger partial charge in [0.05, 0.1) is 24.6 Å². The number of hydrogen-bond donors (Lipinski definition) is 3. The summed E-state index contributed by atoms with van der Waals surface area (Å²) < 4.78 is 10.2. The van der Waals surface area contributed by atoms with Crippen molar-refractivity contribution in [2.45, 2.75) is 19.6 Å². The molecule has 8 heteroatoms. The lowest BCUT2D eigenvalue weighted by Crippen LogP contribution is -2.48. The number of hydrogen-bond acceptors (Lipinski definition) is 5. The highest BCUT2D eigenvalue weighted by Gasteiger charge is 2.15. The lowest BCUT2D eigenvalue weighted by Gasteiger charge is -2.23. The Balaban J connectivity index is 1.89. The van der Waals surface area contributed by atoms with Gasteiger partial charge < -0.3 is 19.7 Å². The molecule has 0 aliphatic carbocycles. The second-order valence-corrected chi connectivity index (χ2v) is 6.43. The normalized spacial score (nSPS) is 11.4. The lowest BCUT2D eigenvalue weighted by atomic mass is 10.2. The Morgan fingerprint density at radius 1 is 1.00 bits per heavy atom. The van der Waals surface area contributed by atoms with Gasteiger partial charge in [0.1, 0.15) is 6.10 Å². The van der Waals surface area contributed by atoms with Crippen molar-refractivity contribution in [3.8, 4) is 0 Å². The first-order valence-corrected chi connectivity index (χ1v) is 9.32. The van der Waals surface area contributed by atoms with Crippen LogP contribution in [-0.4, -0.2) is 45.4 Å². The Morgan fingerprint density at radius 2 is 1.69 bits per heavy atom. The molecule has 2 aromatic rings. The van der Waals surface area contributed by atoms with E-state index in [1.807, 2.05) is 60.5 Å². The van der Waals surface area contributed by atoms with E-state index in [1.165, 1.54) is 0 Å². The van der Waals surface area contributed by atoms with Crippen molar-refractivity contribution >= 4 is 23.3 Å². The summed E-state index contributed by atoms with van der Waals surface area (Å²) in [5.41, 5.74) is 7.32. The first-order valence-electron chi connectivity index (χ1n) is 9.32. The fraction of sp³-hybridized carbons (Fsp3) is 0.333. The van der Waals surface area contributed by atoms with Crippen LogP contribution in [0.3, 0.4) is 0 Å². The van der Waals surface area contributed by atoms with Crippen molar-refractivity contribution in [2.24, 2.45) is 0 Å². The highest BCUT2D eigenvalue weighted by atomic mass is 16.5. The largest absolute Gasteiger partial charge is 0.382 e. The number of carbonyl (C=O) groups is 2. The minimum Gasteiger partial charge on any atom is -0.382 e. The number of nitrogens with zero attached hydrogens (tertiary/aromatic N) is 1. The number of anilines is 2. The van der Waals surface area contributed by atoms with Crippen molar-refractivity contribution in [3.05, 3.63) is 60.2 Å². The Bertz CT molecular complexity index is 785. The van der Waals surface area contributed by atoms with Crippen molar-refractivity contribution in [1.82, 2.24) is 10.9 Å². The molecule has 0 heterocycles. The van der Waals surface area contributed by atoms with Crippen LogP contribution >= 0.6 is 0 Å². The molecule has 1 atom stereocenters. The van der Waals surface area contributed by atoms with Gasteiger partial charge in [-0.1, -0.05) is 42.5 Å². The number of rotatable bonds is 9. The molecule has 3 N–H and O–H groups in total. The fourth-order valence-corrected chi connectivity index (χ4v) is 2.61. The maximum atomic E-state index is 12.2. The molecule has 0 saturated carbocycles. The summed E-state index contributed by atoms with van der Waals surface area (Å²) >= 11 is 0. The van der Waals surface area contributed by atoms with Crippen LogP contribution in [0.25, 0.3) is 0 Å². The zero-order chi connectivity index (χ0) is 21.1. The third-order valence-corrected chi connectivity index (χ3v) is 4.15. The molecule has 0 aliphatic rings. The van der Waals surface area contributed by atoms with E-state index in [1.54, 1.807) is 20.1 Å². The molecule has 0 aromatic heterocycles. The summed E-state index contributed by atoms with van der Waals surface area (Å²) in [7, 11) is 3.50. The molecule has 156 valence electrons. The van der Waals surface area contributed by atoms with Crippen LogP contribution in [0.2, 0.25) is 0 Å². The number of carbonyl (C=O) groups excluding carboxylic acids is 2. The molecule has 2 rings (SSSR count). The van der Waals surface area contributed by atoms with Gasteiger partial charge in [-0.25, -0.2) is 10.2 Å². The van der Waals surface area contributed by atoms with Crippen LogP contribution < -0.4 is 21.1 Å². The molecule has 29 heavy (non-hydrogen) atoms. The third-order valence-electron chi connectivity index (χ3n) is 4.15. The van der Waals surface area contributed by atoms with Gasteiger partial charge in [0.2, 0.25) is 0 Å². The summed E-state index contributed by atoms with van der Waals surface area (Å²) in [5.74, 6) is -0.453. The van der Waals surface area contributed by atoms with Gasteiger partial charge in [-0.15, -0.1) is 0 Å². The Morgan fingerprint density at radius 3 is 2.41 bits per heavy atom. The molecule has 0 aliphatic heterocycles. The first-order chi connectivity index (χ1) is 14.0. The smallest absolute Gasteiger partial charge is 0.337 e. The number of methoxy groups -OCH3 is 1. The minimum absolute atomic E-state index is 0.290. The molecule has 0 saturated heterocycles. The zero-order valence-electron chi connectivity index (χ0n) is 17.0. The maximum absolute atomic E-state index is 12.2. The number of ether oxygens (including phenoxy) is 2. The van der Waals surface area contributed by atoms with Crippen LogP contribution in [0.15, 0.2) is 54.6 Å². The molecule has 0 bridgehead atoms. The van der Waals surface area contributed by atoms with Gasteiger partial charge in [0.15, 0.2) is 0 Å². The second kappa shape index (κ2) is 11.7. The molecule has 8 nitrogen and oxygen atoms in total. The molecular formula is C21H28N4O4. The summed E-state index contributed by atoms with van der Waals surface area (Å²) in [6, 6.07) is 16.9. The number of amides is 3. The predicted molar refractivity (Wildman–Crippen MR) is 113 cm³/mol. The van der Waals surface area contributed by atoms with Crippen LogP contribution in [0.1, 0.15) is 12.5 Å². The predicted octanol–water partition coefficient (Wildman–Crippen LogP) is 2.53. The van der Waals surface area contributed by atoms with Gasteiger partial charge in [-0.2, -0.15) is 0 Å². The Hall–Kier alpha value is -3.10. The van der Waals surface area contributed by atoms with E-state index in [2.05, 4.69) is 16.2 Å². The highest BCUT2D eigenvalue weighted by Crippen LogP contribution is 2.25. The van der Waals surface area contributed by atoms with Gasteiger partial charge in [0, 0.05) is 20.7 Å². The second-order valence-electron chi connectivity index (χ2n) is 6.43. The van der Waals surface area contributed by atoms with E-state index < -0.39 is 18.0 Å². The monoisotopic (exact) mass is 400 g/mol. The SMILES string of the molecule is COCCOC(C)C(=O)NNC(=O)Nc1ccccc1N(C)Cc1ccccc1. The molecule has 0 radical (unpaired) electrons. The summed E-state index contributed by atoms with van der Waals surface area (Å²) in [6.07, 6.45) is -0.713. The standard InChI is InChI=1S/C21H28N4O4/c1-16(29-14-13-28-3)20(26)23-24-21(27)22-18-11-7-8-12-19(18)25(2)15-17-9-5-4-6-10-17/h4-12,16H,13-15H2,1-3H3,(H,23,26)(H2,22,24,27). The number of para-hydroxylation sites is 2. The molecule has 1 unspecified atom stereocenters. The Kier molecular flexibility index (Phi) is 8.94. The van der Waals surface area contributed by atoms with Crippen molar-refractivity contribution in [3.63, 3.8) is 0 Å². The van der Waals surface area contributed by atoms with Gasteiger partial charge in [0.25, 0.3) is 5.91 Å². The van der Waals surface area contributed by atoms with Crippen LogP contribution in [0, 0.1) is 0 Å². The third kappa shape index (κ3) is 7.44. The number of hydrazine groups is 1. The van der Waals surface area contributed by atoms with Gasteiger partial charge in [-0.3, -0.25) is 10.2 Å². The highest BCUT2D eigenvalue weighted by molar-refractivity contribution is 5.94. The zero-order valence-corrected chi connectivity index (χ0v) is 17.0. The van der Waals surface area contributed by atoms with Crippen molar-refractivity contribution < 1.29 is 19.1 Å². The quantitative estimate of drug-likeness (QED) is 0.444. The average molecular weight is 400 g/mol. The van der Waals surface area contributed by atoms with E-state index in [9.17, 15) is 9.59 Å². The summed E-state index contributed by atoms with van der Waals surface area (Å²) in [5, 5.41) is 2.76. The van der Waals surface area contributed by atoms with E-state index in [4.69, 9.17) is 9.47 Å². The molecule has 2 aromatic carbocycles. The number of urea groups is 1. The molecule has 3 amide bonds. The molecule has 0 fully saturated rings. The van der Waals surface area contributed by atoms with Crippen LogP contribution in [0.4, 0.5) is 16.2 Å². The van der Waals surface area contributed by atoms with Crippen molar-refractivity contribution in [1.29, 1.82) is 0 Å². The van der Waals surface area contributed by atoms with E-state index in [-0.39, 0.29) is 0 Å². The molecular weight excluding hydrogens is 372 g/mol. The summed E-state index contributed by atoms with van der Waals surface area (Å²) in [4.78, 5) is 26.2. The van der Waals surface area contributed by atoms with Gasteiger partial charge >= 0.3 is 6.03 Å². The first kappa shape index (κ1) is 22.2. The lowest BCUT2D eigenvalue weighted by molar-refractivity contribution is -0.133. The maximum Gasteiger partial charge on any atom is 0.337 e. The average Bonchev–Trinajstić information content (AvgIpc) is 2.73. The van der Waals surface area contributed by atoms with Gasteiger partial charge in [-0.05, 0) is 24.6 Å². The summed E-state index contributed by atoms with van der Waals surface area (Å²) in [6.45, 7) is 2.96.